The first-order valence-corrected chi connectivity index (χ1v) is 6.97. The fraction of sp³-hybridized carbons (Fsp3) is 0.400. The number of halogens is 2. The van der Waals surface area contributed by atoms with Crippen LogP contribution in [0.25, 0.3) is 11.3 Å². The van der Waals surface area contributed by atoms with Gasteiger partial charge in [0.1, 0.15) is 5.82 Å². The zero-order valence-corrected chi connectivity index (χ0v) is 10.9. The molecule has 4 rings (SSSR count). The van der Waals surface area contributed by atoms with E-state index in [0.29, 0.717) is 23.7 Å². The number of aromatic amines is 1. The van der Waals surface area contributed by atoms with Crippen LogP contribution in [0.15, 0.2) is 24.4 Å². The number of nitrogens with zero attached hydrogens (tertiary/aromatic N) is 1. The van der Waals surface area contributed by atoms with Crippen molar-refractivity contribution in [2.75, 3.05) is 0 Å². The maximum atomic E-state index is 13.8. The van der Waals surface area contributed by atoms with Crippen molar-refractivity contribution < 1.29 is 8.78 Å². The third-order valence-electron chi connectivity index (χ3n) is 4.49. The molecule has 2 fully saturated rings. The van der Waals surface area contributed by atoms with Crippen LogP contribution in [0.3, 0.4) is 0 Å². The zero-order valence-electron chi connectivity index (χ0n) is 10.9. The Morgan fingerprint density at radius 3 is 2.85 bits per heavy atom. The maximum Gasteiger partial charge on any atom is 0.168 e. The van der Waals surface area contributed by atoms with Crippen molar-refractivity contribution in [3.8, 4) is 11.3 Å². The Morgan fingerprint density at radius 2 is 2.10 bits per heavy atom. The minimum Gasteiger partial charge on any atom is -0.342 e. The standard InChI is InChI=1S/C15H15F2N3/c16-11-3-1-2-9(14(11)17)13-7-18-15(20-13)10-6-8-4-5-12(10)19-8/h1-3,7-8,10,12,19H,4-6H2,(H,18,20). The normalized spacial score (nSPS) is 28.2. The second-order valence-electron chi connectivity index (χ2n) is 5.67. The van der Waals surface area contributed by atoms with Crippen molar-refractivity contribution in [3.63, 3.8) is 0 Å². The molecule has 2 aliphatic heterocycles. The van der Waals surface area contributed by atoms with Gasteiger partial charge in [-0.1, -0.05) is 6.07 Å². The Labute approximate surface area is 115 Å². The predicted molar refractivity (Wildman–Crippen MR) is 71.2 cm³/mol. The number of fused-ring (bicyclic) bond motifs is 2. The highest BCUT2D eigenvalue weighted by Gasteiger charge is 2.41. The average molecular weight is 275 g/mol. The van der Waals surface area contributed by atoms with Crippen molar-refractivity contribution >= 4 is 0 Å². The van der Waals surface area contributed by atoms with Gasteiger partial charge in [-0.3, -0.25) is 0 Å². The minimum absolute atomic E-state index is 0.236. The first kappa shape index (κ1) is 12.0. The Bertz CT molecular complexity index is 652. The van der Waals surface area contributed by atoms with Crippen molar-refractivity contribution in [1.29, 1.82) is 0 Å². The van der Waals surface area contributed by atoms with E-state index in [4.69, 9.17) is 0 Å². The van der Waals surface area contributed by atoms with Gasteiger partial charge in [-0.25, -0.2) is 13.8 Å². The Kier molecular flexibility index (Phi) is 2.63. The van der Waals surface area contributed by atoms with Gasteiger partial charge in [0.15, 0.2) is 11.6 Å². The molecule has 0 saturated carbocycles. The van der Waals surface area contributed by atoms with E-state index in [9.17, 15) is 8.78 Å². The lowest BCUT2D eigenvalue weighted by Crippen LogP contribution is -2.22. The summed E-state index contributed by atoms with van der Waals surface area (Å²) in [6.45, 7) is 0. The van der Waals surface area contributed by atoms with Gasteiger partial charge < -0.3 is 10.3 Å². The van der Waals surface area contributed by atoms with Crippen molar-refractivity contribution in [2.45, 2.75) is 37.3 Å². The van der Waals surface area contributed by atoms with Crippen LogP contribution in [0, 0.1) is 11.6 Å². The molecule has 2 aromatic rings. The summed E-state index contributed by atoms with van der Waals surface area (Å²) in [5.41, 5.74) is 0.777. The monoisotopic (exact) mass is 275 g/mol. The SMILES string of the molecule is Fc1cccc(-c2cnc(C3CC4CCC3N4)[nH]2)c1F. The van der Waals surface area contributed by atoms with Crippen LogP contribution >= 0.6 is 0 Å². The van der Waals surface area contributed by atoms with Crippen LogP contribution in [0.5, 0.6) is 0 Å². The summed E-state index contributed by atoms with van der Waals surface area (Å²) >= 11 is 0. The quantitative estimate of drug-likeness (QED) is 0.884. The van der Waals surface area contributed by atoms with E-state index >= 15 is 0 Å². The minimum atomic E-state index is -0.833. The second kappa shape index (κ2) is 4.38. The number of benzene rings is 1. The third-order valence-corrected chi connectivity index (χ3v) is 4.49. The molecule has 5 heteroatoms. The van der Waals surface area contributed by atoms with E-state index in [1.807, 2.05) is 0 Å². The highest BCUT2D eigenvalue weighted by atomic mass is 19.2. The molecular formula is C15H15F2N3. The lowest BCUT2D eigenvalue weighted by atomic mass is 9.89. The molecule has 2 aliphatic rings. The highest BCUT2D eigenvalue weighted by Crippen LogP contribution is 2.39. The van der Waals surface area contributed by atoms with Crippen LogP contribution in [-0.2, 0) is 0 Å². The summed E-state index contributed by atoms with van der Waals surface area (Å²) in [4.78, 5) is 7.55. The first-order valence-electron chi connectivity index (χ1n) is 6.97. The van der Waals surface area contributed by atoms with Crippen LogP contribution in [0.2, 0.25) is 0 Å². The molecule has 0 radical (unpaired) electrons. The summed E-state index contributed by atoms with van der Waals surface area (Å²) in [5, 5.41) is 3.55. The summed E-state index contributed by atoms with van der Waals surface area (Å²) in [5.74, 6) is -0.420. The van der Waals surface area contributed by atoms with E-state index in [1.54, 1.807) is 12.3 Å². The van der Waals surface area contributed by atoms with Gasteiger partial charge in [0.05, 0.1) is 11.9 Å². The van der Waals surface area contributed by atoms with E-state index in [-0.39, 0.29) is 5.56 Å². The molecule has 3 nitrogen and oxygen atoms in total. The fourth-order valence-corrected chi connectivity index (χ4v) is 3.50. The number of hydrogen-bond donors (Lipinski definition) is 2. The van der Waals surface area contributed by atoms with Gasteiger partial charge in [0, 0.05) is 23.6 Å². The van der Waals surface area contributed by atoms with Gasteiger partial charge in [0.25, 0.3) is 0 Å². The van der Waals surface area contributed by atoms with E-state index in [1.165, 1.54) is 18.9 Å². The molecule has 3 heterocycles. The molecule has 2 bridgehead atoms. The van der Waals surface area contributed by atoms with Gasteiger partial charge in [-0.05, 0) is 31.4 Å². The van der Waals surface area contributed by atoms with Crippen LogP contribution in [0.1, 0.15) is 31.0 Å². The average Bonchev–Trinajstić information content (AvgIpc) is 3.16. The molecule has 1 aromatic heterocycles. The summed E-state index contributed by atoms with van der Waals surface area (Å²) < 4.78 is 27.1. The molecule has 104 valence electrons. The summed E-state index contributed by atoms with van der Waals surface area (Å²) in [6, 6.07) is 5.25. The lowest BCUT2D eigenvalue weighted by Gasteiger charge is -2.17. The number of hydrogen-bond acceptors (Lipinski definition) is 2. The molecule has 1 aromatic carbocycles. The lowest BCUT2D eigenvalue weighted by molar-refractivity contribution is 0.490. The summed E-state index contributed by atoms with van der Waals surface area (Å²) in [6.07, 6.45) is 5.06. The Hall–Kier alpha value is -1.75. The molecular weight excluding hydrogens is 260 g/mol. The number of aromatic nitrogens is 2. The molecule has 2 saturated heterocycles. The van der Waals surface area contributed by atoms with Crippen molar-refractivity contribution in [3.05, 3.63) is 41.9 Å². The van der Waals surface area contributed by atoms with Crippen molar-refractivity contribution in [1.82, 2.24) is 15.3 Å². The maximum absolute atomic E-state index is 13.8. The molecule has 0 aliphatic carbocycles. The van der Waals surface area contributed by atoms with E-state index in [0.717, 1.165) is 18.3 Å². The molecule has 0 spiro atoms. The van der Waals surface area contributed by atoms with Gasteiger partial charge in [-0.15, -0.1) is 0 Å². The van der Waals surface area contributed by atoms with Gasteiger partial charge in [-0.2, -0.15) is 0 Å². The smallest absolute Gasteiger partial charge is 0.168 e. The summed E-state index contributed by atoms with van der Waals surface area (Å²) in [7, 11) is 0. The number of H-pyrrole nitrogens is 1. The van der Waals surface area contributed by atoms with Gasteiger partial charge >= 0.3 is 0 Å². The second-order valence-corrected chi connectivity index (χ2v) is 5.67. The van der Waals surface area contributed by atoms with Crippen LogP contribution < -0.4 is 5.32 Å². The van der Waals surface area contributed by atoms with Crippen LogP contribution in [0.4, 0.5) is 8.78 Å². The topological polar surface area (TPSA) is 40.7 Å². The highest BCUT2D eigenvalue weighted by molar-refractivity contribution is 5.59. The van der Waals surface area contributed by atoms with Crippen LogP contribution in [-0.4, -0.2) is 22.1 Å². The number of rotatable bonds is 2. The predicted octanol–water partition coefficient (Wildman–Crippen LogP) is 2.96. The van der Waals surface area contributed by atoms with E-state index in [2.05, 4.69) is 15.3 Å². The molecule has 0 amide bonds. The van der Waals surface area contributed by atoms with Crippen molar-refractivity contribution in [2.24, 2.45) is 0 Å². The van der Waals surface area contributed by atoms with Gasteiger partial charge in [0.2, 0.25) is 0 Å². The molecule has 20 heavy (non-hydrogen) atoms. The number of nitrogens with one attached hydrogen (secondary N) is 2. The largest absolute Gasteiger partial charge is 0.342 e. The Morgan fingerprint density at radius 1 is 1.20 bits per heavy atom. The van der Waals surface area contributed by atoms with E-state index < -0.39 is 11.6 Å². The number of imidazole rings is 1. The Balaban J connectivity index is 1.67. The molecule has 2 N–H and O–H groups in total. The molecule has 3 unspecified atom stereocenters. The first-order chi connectivity index (χ1) is 9.72. The third kappa shape index (κ3) is 1.77. The molecule has 3 atom stereocenters. The fourth-order valence-electron chi connectivity index (χ4n) is 3.50. The zero-order chi connectivity index (χ0) is 13.7.